The highest BCUT2D eigenvalue weighted by Crippen LogP contribution is 2.41. The molecule has 2 aromatic rings. The number of methoxy groups -OCH3 is 1. The molecule has 35 heavy (non-hydrogen) atoms. The van der Waals surface area contributed by atoms with Gasteiger partial charge in [0.1, 0.15) is 23.2 Å². The Kier molecular flexibility index (Phi) is 11.4. The van der Waals surface area contributed by atoms with Crippen molar-refractivity contribution in [1.82, 2.24) is 4.98 Å². The van der Waals surface area contributed by atoms with Gasteiger partial charge in [0.25, 0.3) is 0 Å². The van der Waals surface area contributed by atoms with Crippen molar-refractivity contribution in [2.45, 2.75) is 30.5 Å². The van der Waals surface area contributed by atoms with Crippen LogP contribution in [0.5, 0.6) is 5.75 Å². The molecule has 0 bridgehead atoms. The van der Waals surface area contributed by atoms with E-state index >= 15 is 0 Å². The van der Waals surface area contributed by atoms with E-state index in [4.69, 9.17) is 36.7 Å². The molecule has 2 heterocycles. The SMILES string of the molecule is CCO.CCOC(=O)C1=C(CCl)OC(N)=C(C#N)C1c1ccc(OC)c(CSc2ccccn2)c1. The second-order valence-corrected chi connectivity index (χ2v) is 8.22. The lowest BCUT2D eigenvalue weighted by atomic mass is 9.82. The van der Waals surface area contributed by atoms with E-state index in [0.717, 1.165) is 10.6 Å². The number of hydrogen-bond donors (Lipinski definition) is 2. The largest absolute Gasteiger partial charge is 0.496 e. The Labute approximate surface area is 214 Å². The maximum Gasteiger partial charge on any atom is 0.338 e. The Morgan fingerprint density at radius 3 is 2.66 bits per heavy atom. The highest BCUT2D eigenvalue weighted by Gasteiger charge is 2.37. The molecule has 1 atom stereocenters. The average molecular weight is 518 g/mol. The number of aromatic nitrogens is 1. The fourth-order valence-corrected chi connectivity index (χ4v) is 4.40. The first-order valence-electron chi connectivity index (χ1n) is 10.8. The zero-order valence-corrected chi connectivity index (χ0v) is 21.4. The van der Waals surface area contributed by atoms with E-state index in [9.17, 15) is 10.1 Å². The Morgan fingerprint density at radius 2 is 2.09 bits per heavy atom. The molecule has 186 valence electrons. The summed E-state index contributed by atoms with van der Waals surface area (Å²) in [5.74, 6) is -0.131. The number of nitrogens with two attached hydrogens (primary N) is 1. The summed E-state index contributed by atoms with van der Waals surface area (Å²) in [5.41, 5.74) is 7.84. The fraction of sp³-hybridized carbons (Fsp3) is 0.320. The van der Waals surface area contributed by atoms with Gasteiger partial charge in [0, 0.05) is 24.1 Å². The number of benzene rings is 1. The molecule has 1 unspecified atom stereocenters. The molecule has 8 nitrogen and oxygen atoms in total. The van der Waals surface area contributed by atoms with Gasteiger partial charge in [0.2, 0.25) is 5.88 Å². The molecule has 0 spiro atoms. The van der Waals surface area contributed by atoms with Gasteiger partial charge >= 0.3 is 5.97 Å². The summed E-state index contributed by atoms with van der Waals surface area (Å²) in [6.07, 6.45) is 1.73. The summed E-state index contributed by atoms with van der Waals surface area (Å²) in [4.78, 5) is 17.1. The van der Waals surface area contributed by atoms with Crippen LogP contribution < -0.4 is 10.5 Å². The van der Waals surface area contributed by atoms with Gasteiger partial charge in [-0.15, -0.1) is 23.4 Å². The number of esters is 1. The minimum Gasteiger partial charge on any atom is -0.496 e. The summed E-state index contributed by atoms with van der Waals surface area (Å²) in [6.45, 7) is 3.80. The molecule has 0 amide bonds. The molecule has 1 aliphatic rings. The van der Waals surface area contributed by atoms with Crippen molar-refractivity contribution in [3.63, 3.8) is 0 Å². The molecule has 0 saturated carbocycles. The first-order chi connectivity index (χ1) is 16.9. The van der Waals surface area contributed by atoms with E-state index in [1.54, 1.807) is 51.0 Å². The van der Waals surface area contributed by atoms with Crippen molar-refractivity contribution in [2.75, 3.05) is 26.2 Å². The lowest BCUT2D eigenvalue weighted by Crippen LogP contribution is -2.27. The van der Waals surface area contributed by atoms with Crippen LogP contribution in [0.3, 0.4) is 0 Å². The smallest absolute Gasteiger partial charge is 0.338 e. The van der Waals surface area contributed by atoms with Crippen molar-refractivity contribution >= 4 is 29.3 Å². The van der Waals surface area contributed by atoms with Crippen molar-refractivity contribution in [1.29, 1.82) is 5.26 Å². The molecule has 1 aliphatic heterocycles. The van der Waals surface area contributed by atoms with Crippen LogP contribution in [-0.4, -0.2) is 42.3 Å². The van der Waals surface area contributed by atoms with Crippen LogP contribution in [0.25, 0.3) is 0 Å². The summed E-state index contributed by atoms with van der Waals surface area (Å²) >= 11 is 7.59. The van der Waals surface area contributed by atoms with Crippen LogP contribution in [0.1, 0.15) is 30.9 Å². The van der Waals surface area contributed by atoms with E-state index in [-0.39, 0.29) is 41.9 Å². The molecule has 3 rings (SSSR count). The van der Waals surface area contributed by atoms with E-state index in [1.165, 1.54) is 0 Å². The van der Waals surface area contributed by atoms with Crippen LogP contribution >= 0.6 is 23.4 Å². The number of carbonyl (C=O) groups excluding carboxylic acids is 1. The number of ether oxygens (including phenoxy) is 3. The number of carbonyl (C=O) groups is 1. The quantitative estimate of drug-likeness (QED) is 0.300. The van der Waals surface area contributed by atoms with Gasteiger partial charge in [-0.25, -0.2) is 9.78 Å². The van der Waals surface area contributed by atoms with E-state index in [2.05, 4.69) is 11.1 Å². The number of alkyl halides is 1. The maximum atomic E-state index is 12.8. The second kappa shape index (κ2) is 14.3. The number of thioether (sulfide) groups is 1. The van der Waals surface area contributed by atoms with Gasteiger partial charge in [-0.3, -0.25) is 0 Å². The Hall–Kier alpha value is -3.19. The maximum absolute atomic E-state index is 12.8. The van der Waals surface area contributed by atoms with Crippen molar-refractivity contribution in [2.24, 2.45) is 5.73 Å². The highest BCUT2D eigenvalue weighted by atomic mass is 35.5. The van der Waals surface area contributed by atoms with Crippen molar-refractivity contribution in [3.8, 4) is 11.8 Å². The number of nitriles is 1. The van der Waals surface area contributed by atoms with E-state index in [1.807, 2.05) is 24.3 Å². The van der Waals surface area contributed by atoms with Gasteiger partial charge < -0.3 is 25.1 Å². The molecular formula is C25H28ClN3O5S. The van der Waals surface area contributed by atoms with Gasteiger partial charge in [-0.1, -0.05) is 18.2 Å². The Morgan fingerprint density at radius 1 is 1.34 bits per heavy atom. The van der Waals surface area contributed by atoms with E-state index in [0.29, 0.717) is 17.1 Å². The summed E-state index contributed by atoms with van der Waals surface area (Å²) in [7, 11) is 1.59. The Balaban J connectivity index is 0.00000137. The molecule has 3 N–H and O–H groups in total. The number of hydrogen-bond acceptors (Lipinski definition) is 9. The molecular weight excluding hydrogens is 490 g/mol. The standard InChI is InChI=1S/C23H22ClN3O4S.C2H6O/c1-3-30-23(28)21-18(11-24)31-22(26)16(12-25)20(21)14-7-8-17(29-2)15(10-14)13-32-19-6-4-5-9-27-19;1-2-3/h4-10,20H,3,11,13,26H2,1-2H3;3H,2H2,1H3. The van der Waals surface area contributed by atoms with Crippen LogP contribution in [0, 0.1) is 11.3 Å². The number of halogens is 1. The molecule has 0 saturated heterocycles. The minimum atomic E-state index is -0.772. The zero-order chi connectivity index (χ0) is 25.8. The normalized spacial score (nSPS) is 14.9. The molecule has 1 aromatic carbocycles. The second-order valence-electron chi connectivity index (χ2n) is 6.96. The summed E-state index contributed by atoms with van der Waals surface area (Å²) in [5, 5.41) is 18.2. The lowest BCUT2D eigenvalue weighted by molar-refractivity contribution is -0.139. The fourth-order valence-electron chi connectivity index (χ4n) is 3.36. The van der Waals surface area contributed by atoms with Gasteiger partial charge in [-0.05, 0) is 37.6 Å². The molecule has 0 aliphatic carbocycles. The van der Waals surface area contributed by atoms with Gasteiger partial charge in [-0.2, -0.15) is 5.26 Å². The molecule has 0 radical (unpaired) electrons. The van der Waals surface area contributed by atoms with Crippen LogP contribution in [-0.2, 0) is 20.0 Å². The van der Waals surface area contributed by atoms with Crippen LogP contribution in [0.2, 0.25) is 0 Å². The van der Waals surface area contributed by atoms with Crippen molar-refractivity contribution in [3.05, 3.63) is 76.5 Å². The Bertz CT molecular complexity index is 1120. The topological polar surface area (TPSA) is 128 Å². The predicted octanol–water partition coefficient (Wildman–Crippen LogP) is 4.24. The van der Waals surface area contributed by atoms with E-state index < -0.39 is 11.9 Å². The first-order valence-corrected chi connectivity index (χ1v) is 12.3. The molecule has 10 heteroatoms. The third-order valence-corrected chi connectivity index (χ3v) is 6.00. The third kappa shape index (κ3) is 7.15. The summed E-state index contributed by atoms with van der Waals surface area (Å²) in [6, 6.07) is 13.3. The molecule has 1 aromatic heterocycles. The number of aliphatic hydroxyl groups excluding tert-OH is 1. The molecule has 0 fully saturated rings. The van der Waals surface area contributed by atoms with Crippen LogP contribution in [0.4, 0.5) is 0 Å². The monoisotopic (exact) mass is 517 g/mol. The highest BCUT2D eigenvalue weighted by molar-refractivity contribution is 7.98. The lowest BCUT2D eigenvalue weighted by Gasteiger charge is -2.28. The van der Waals surface area contributed by atoms with Gasteiger partial charge in [0.15, 0.2) is 0 Å². The first kappa shape index (κ1) is 28.1. The zero-order valence-electron chi connectivity index (χ0n) is 19.8. The summed E-state index contributed by atoms with van der Waals surface area (Å²) < 4.78 is 16.2. The predicted molar refractivity (Wildman–Crippen MR) is 135 cm³/mol. The number of rotatable bonds is 8. The number of aliphatic hydroxyl groups is 1. The van der Waals surface area contributed by atoms with Crippen LogP contribution in [0.15, 0.2) is 70.4 Å². The number of pyridine rings is 1. The minimum absolute atomic E-state index is 0.0820. The number of nitrogens with zero attached hydrogens (tertiary/aromatic N) is 2. The van der Waals surface area contributed by atoms with Gasteiger partial charge in [0.05, 0.1) is 36.1 Å². The third-order valence-electron chi connectivity index (χ3n) is 4.76. The van der Waals surface area contributed by atoms with Crippen molar-refractivity contribution < 1.29 is 24.1 Å². The average Bonchev–Trinajstić information content (AvgIpc) is 2.87. The number of allylic oxidation sites excluding steroid dienone is 2.